The fraction of sp³-hybridized carbons (Fsp3) is 0.0690. The third kappa shape index (κ3) is 4.99. The van der Waals surface area contributed by atoms with Crippen LogP contribution in [0.2, 0.25) is 0 Å². The zero-order chi connectivity index (χ0) is 25.8. The van der Waals surface area contributed by atoms with Crippen molar-refractivity contribution >= 4 is 34.3 Å². The van der Waals surface area contributed by atoms with Crippen LogP contribution in [0.5, 0.6) is 11.5 Å². The van der Waals surface area contributed by atoms with E-state index in [-0.39, 0.29) is 11.8 Å². The Bertz CT molecular complexity index is 1500. The summed E-state index contributed by atoms with van der Waals surface area (Å²) in [4.78, 5) is 30.7. The van der Waals surface area contributed by atoms with Gasteiger partial charge >= 0.3 is 0 Å². The van der Waals surface area contributed by atoms with Gasteiger partial charge < -0.3 is 24.5 Å². The predicted molar refractivity (Wildman–Crippen MR) is 141 cm³/mol. The Morgan fingerprint density at radius 3 is 1.76 bits per heavy atom. The number of rotatable bonds is 7. The van der Waals surface area contributed by atoms with Gasteiger partial charge in [-0.25, -0.2) is 4.98 Å². The second kappa shape index (κ2) is 10.2. The van der Waals surface area contributed by atoms with Gasteiger partial charge in [0.2, 0.25) is 5.89 Å². The highest BCUT2D eigenvalue weighted by Crippen LogP contribution is 2.31. The van der Waals surface area contributed by atoms with Gasteiger partial charge in [-0.15, -0.1) is 0 Å². The molecule has 5 aromatic rings. The Labute approximate surface area is 212 Å². The van der Waals surface area contributed by atoms with Crippen molar-refractivity contribution in [1.29, 1.82) is 0 Å². The van der Waals surface area contributed by atoms with Gasteiger partial charge in [-0.1, -0.05) is 36.4 Å². The molecule has 0 saturated carbocycles. The van der Waals surface area contributed by atoms with E-state index >= 15 is 0 Å². The molecule has 1 aromatic heterocycles. The summed E-state index contributed by atoms with van der Waals surface area (Å²) in [7, 11) is 3.01. The minimum atomic E-state index is -0.367. The number of anilines is 2. The van der Waals surface area contributed by atoms with Gasteiger partial charge in [-0.3, -0.25) is 9.59 Å². The number of carbonyl (C=O) groups is 2. The summed E-state index contributed by atoms with van der Waals surface area (Å²) in [6, 6.07) is 26.4. The van der Waals surface area contributed by atoms with E-state index in [1.807, 2.05) is 24.3 Å². The average Bonchev–Trinajstić information content (AvgIpc) is 3.37. The minimum absolute atomic E-state index is 0.349. The van der Waals surface area contributed by atoms with Gasteiger partial charge in [0.25, 0.3) is 11.8 Å². The number of fused-ring (bicyclic) bond motifs is 1. The summed E-state index contributed by atoms with van der Waals surface area (Å²) < 4.78 is 16.6. The summed E-state index contributed by atoms with van der Waals surface area (Å²) in [5.41, 5.74) is 3.51. The van der Waals surface area contributed by atoms with Gasteiger partial charge in [-0.05, 0) is 54.6 Å². The Morgan fingerprint density at radius 1 is 0.703 bits per heavy atom. The number of methoxy groups -OCH3 is 2. The first kappa shape index (κ1) is 23.6. The average molecular weight is 494 g/mol. The molecule has 2 amide bonds. The first-order valence-corrected chi connectivity index (χ1v) is 11.5. The van der Waals surface area contributed by atoms with E-state index in [0.717, 1.165) is 0 Å². The third-order valence-corrected chi connectivity index (χ3v) is 5.69. The largest absolute Gasteiger partial charge is 0.496 e. The molecule has 0 radical (unpaired) electrons. The SMILES string of the molecule is COc1ccccc1C(=O)Nc1cc(NC(=O)c2ccccc2OC)cc(-c2nc3ccccc3o2)c1. The molecule has 8 nitrogen and oxygen atoms in total. The van der Waals surface area contributed by atoms with E-state index < -0.39 is 0 Å². The van der Waals surface area contributed by atoms with Crippen LogP contribution in [0.15, 0.2) is 95.4 Å². The maximum absolute atomic E-state index is 13.1. The highest BCUT2D eigenvalue weighted by molar-refractivity contribution is 6.08. The maximum Gasteiger partial charge on any atom is 0.259 e. The molecule has 2 N–H and O–H groups in total. The van der Waals surface area contributed by atoms with Gasteiger partial charge in [-0.2, -0.15) is 0 Å². The highest BCUT2D eigenvalue weighted by atomic mass is 16.5. The predicted octanol–water partition coefficient (Wildman–Crippen LogP) is 6.02. The number of nitrogens with zero attached hydrogens (tertiary/aromatic N) is 1. The Hall–Kier alpha value is -5.11. The number of nitrogens with one attached hydrogen (secondary N) is 2. The smallest absolute Gasteiger partial charge is 0.259 e. The van der Waals surface area contributed by atoms with Crippen LogP contribution in [0.3, 0.4) is 0 Å². The van der Waals surface area contributed by atoms with Crippen LogP contribution in [0.1, 0.15) is 20.7 Å². The number of ether oxygens (including phenoxy) is 2. The van der Waals surface area contributed by atoms with E-state index in [0.29, 0.717) is 56.6 Å². The number of carbonyl (C=O) groups excluding carboxylic acids is 2. The highest BCUT2D eigenvalue weighted by Gasteiger charge is 2.17. The number of amides is 2. The van der Waals surface area contributed by atoms with E-state index in [9.17, 15) is 9.59 Å². The monoisotopic (exact) mass is 493 g/mol. The van der Waals surface area contributed by atoms with Crippen LogP contribution in [-0.2, 0) is 0 Å². The van der Waals surface area contributed by atoms with Crippen LogP contribution in [0.25, 0.3) is 22.6 Å². The lowest BCUT2D eigenvalue weighted by Gasteiger charge is -2.13. The van der Waals surface area contributed by atoms with Crippen molar-refractivity contribution in [2.45, 2.75) is 0 Å². The van der Waals surface area contributed by atoms with E-state index in [1.54, 1.807) is 66.7 Å². The fourth-order valence-electron chi connectivity index (χ4n) is 3.95. The van der Waals surface area contributed by atoms with Crippen molar-refractivity contribution in [3.63, 3.8) is 0 Å². The normalized spacial score (nSPS) is 10.6. The number of benzene rings is 4. The van der Waals surface area contributed by atoms with Crippen molar-refractivity contribution in [1.82, 2.24) is 4.98 Å². The van der Waals surface area contributed by atoms with Crippen LogP contribution in [0, 0.1) is 0 Å². The molecule has 0 aliphatic carbocycles. The molecule has 0 aliphatic rings. The van der Waals surface area contributed by atoms with Gasteiger partial charge in [0, 0.05) is 16.9 Å². The van der Waals surface area contributed by atoms with E-state index in [4.69, 9.17) is 13.9 Å². The van der Waals surface area contributed by atoms with Gasteiger partial charge in [0.15, 0.2) is 5.58 Å². The second-order valence-electron chi connectivity index (χ2n) is 8.09. The summed E-state index contributed by atoms with van der Waals surface area (Å²) in [6.07, 6.45) is 0. The Kier molecular flexibility index (Phi) is 6.54. The lowest BCUT2D eigenvalue weighted by molar-refractivity contribution is 0.101. The molecule has 8 heteroatoms. The molecule has 1 heterocycles. The number of para-hydroxylation sites is 4. The topological polar surface area (TPSA) is 103 Å². The van der Waals surface area contributed by atoms with Crippen molar-refractivity contribution in [3.05, 3.63) is 102 Å². The minimum Gasteiger partial charge on any atom is -0.496 e. The molecule has 0 spiro atoms. The van der Waals surface area contributed by atoms with Crippen molar-refractivity contribution in [2.75, 3.05) is 24.9 Å². The van der Waals surface area contributed by atoms with Crippen LogP contribution in [-0.4, -0.2) is 31.0 Å². The zero-order valence-corrected chi connectivity index (χ0v) is 20.1. The second-order valence-corrected chi connectivity index (χ2v) is 8.09. The molecule has 0 unspecified atom stereocenters. The number of oxazole rings is 1. The van der Waals surface area contributed by atoms with E-state index in [2.05, 4.69) is 15.6 Å². The lowest BCUT2D eigenvalue weighted by Crippen LogP contribution is -2.15. The zero-order valence-electron chi connectivity index (χ0n) is 20.1. The maximum atomic E-state index is 13.1. The fourth-order valence-corrected chi connectivity index (χ4v) is 3.95. The third-order valence-electron chi connectivity index (χ3n) is 5.69. The number of aromatic nitrogens is 1. The molecule has 5 rings (SSSR count). The van der Waals surface area contributed by atoms with E-state index in [1.165, 1.54) is 14.2 Å². The Morgan fingerprint density at radius 2 is 1.22 bits per heavy atom. The summed E-state index contributed by atoms with van der Waals surface area (Å²) >= 11 is 0. The molecule has 0 atom stereocenters. The Balaban J connectivity index is 1.53. The summed E-state index contributed by atoms with van der Waals surface area (Å²) in [6.45, 7) is 0. The lowest BCUT2D eigenvalue weighted by atomic mass is 10.1. The van der Waals surface area contributed by atoms with Gasteiger partial charge in [0.1, 0.15) is 17.0 Å². The quantitative estimate of drug-likeness (QED) is 0.288. The summed E-state index contributed by atoms with van der Waals surface area (Å²) in [5, 5.41) is 5.78. The molecule has 37 heavy (non-hydrogen) atoms. The molecule has 4 aromatic carbocycles. The molecule has 184 valence electrons. The first-order valence-electron chi connectivity index (χ1n) is 11.5. The van der Waals surface area contributed by atoms with Crippen LogP contribution >= 0.6 is 0 Å². The number of hydrogen-bond donors (Lipinski definition) is 2. The molecule has 0 saturated heterocycles. The van der Waals surface area contributed by atoms with Crippen molar-refractivity contribution in [3.8, 4) is 23.0 Å². The molecular weight excluding hydrogens is 470 g/mol. The molecule has 0 bridgehead atoms. The van der Waals surface area contributed by atoms with Crippen molar-refractivity contribution in [2.24, 2.45) is 0 Å². The molecule has 0 fully saturated rings. The van der Waals surface area contributed by atoms with Crippen LogP contribution < -0.4 is 20.1 Å². The van der Waals surface area contributed by atoms with Gasteiger partial charge in [0.05, 0.1) is 25.3 Å². The first-order chi connectivity index (χ1) is 18.1. The van der Waals surface area contributed by atoms with Crippen molar-refractivity contribution < 1.29 is 23.5 Å². The number of hydrogen-bond acceptors (Lipinski definition) is 6. The molecule has 0 aliphatic heterocycles. The van der Waals surface area contributed by atoms with Crippen LogP contribution in [0.4, 0.5) is 11.4 Å². The molecular formula is C29H23N3O5. The summed E-state index contributed by atoms with van der Waals surface area (Å²) in [5.74, 6) is 0.505. The standard InChI is InChI=1S/C29H23N3O5/c1-35-24-12-6-3-9-21(24)27(33)30-19-15-18(29-32-23-11-5-8-14-26(23)37-29)16-20(17-19)31-28(34)22-10-4-7-13-25(22)36-2/h3-17H,1-2H3,(H,30,33)(H,31,34).